The monoisotopic (exact) mass is 294 g/mol. The highest BCUT2D eigenvalue weighted by atomic mass is 32.2. The van der Waals surface area contributed by atoms with Crippen LogP contribution in [0.15, 0.2) is 66.1 Å². The molecule has 0 radical (unpaired) electrons. The molecule has 2 nitrogen and oxygen atoms in total. The van der Waals surface area contributed by atoms with Gasteiger partial charge in [0.25, 0.3) is 0 Å². The number of halogens is 2. The number of benzene rings is 2. The van der Waals surface area contributed by atoms with Crippen molar-refractivity contribution in [2.45, 2.75) is 10.1 Å². The van der Waals surface area contributed by atoms with Crippen LogP contribution in [-0.2, 0) is 9.84 Å². The molecule has 1 unspecified atom stereocenters. The van der Waals surface area contributed by atoms with Gasteiger partial charge in [0, 0.05) is 0 Å². The lowest BCUT2D eigenvalue weighted by Gasteiger charge is -2.14. The Hall–Kier alpha value is -2.01. The van der Waals surface area contributed by atoms with Gasteiger partial charge in [-0.3, -0.25) is 0 Å². The summed E-state index contributed by atoms with van der Waals surface area (Å²) in [5.41, 5.74) is 0.408. The van der Waals surface area contributed by atoms with E-state index in [4.69, 9.17) is 0 Å². The minimum atomic E-state index is -3.74. The van der Waals surface area contributed by atoms with Crippen molar-refractivity contribution in [2.24, 2.45) is 0 Å². The van der Waals surface area contributed by atoms with E-state index in [0.717, 1.165) is 12.1 Å². The molecule has 0 N–H and O–H groups in total. The Balaban J connectivity index is 2.47. The van der Waals surface area contributed by atoms with Crippen LogP contribution in [0.3, 0.4) is 0 Å². The van der Waals surface area contributed by atoms with E-state index in [1.54, 1.807) is 0 Å². The average molecular weight is 294 g/mol. The van der Waals surface area contributed by atoms with Gasteiger partial charge in [-0.05, 0) is 42.0 Å². The van der Waals surface area contributed by atoms with Crippen molar-refractivity contribution in [1.29, 1.82) is 0 Å². The summed E-state index contributed by atoms with van der Waals surface area (Å²) in [5.74, 6) is -0.961. The number of sulfone groups is 1. The fourth-order valence-electron chi connectivity index (χ4n) is 1.87. The predicted octanol–water partition coefficient (Wildman–Crippen LogP) is 3.67. The van der Waals surface area contributed by atoms with Crippen molar-refractivity contribution in [1.82, 2.24) is 0 Å². The van der Waals surface area contributed by atoms with E-state index < -0.39 is 26.7 Å². The van der Waals surface area contributed by atoms with Crippen LogP contribution in [0.2, 0.25) is 0 Å². The Morgan fingerprint density at radius 1 is 0.900 bits per heavy atom. The number of rotatable bonds is 4. The molecule has 2 rings (SSSR count). The minimum Gasteiger partial charge on any atom is -0.223 e. The summed E-state index contributed by atoms with van der Waals surface area (Å²) in [7, 11) is -3.74. The summed E-state index contributed by atoms with van der Waals surface area (Å²) >= 11 is 0. The molecule has 2 aromatic rings. The molecular formula is C15H12F2O2S. The van der Waals surface area contributed by atoms with Gasteiger partial charge in [-0.15, -0.1) is 6.58 Å². The molecule has 5 heteroatoms. The highest BCUT2D eigenvalue weighted by molar-refractivity contribution is 7.91. The van der Waals surface area contributed by atoms with Gasteiger partial charge in [0.2, 0.25) is 0 Å². The maximum absolute atomic E-state index is 12.9. The van der Waals surface area contributed by atoms with E-state index in [1.807, 2.05) is 0 Å². The lowest BCUT2D eigenvalue weighted by atomic mass is 10.1. The molecular weight excluding hydrogens is 282 g/mol. The maximum Gasteiger partial charge on any atom is 0.188 e. The van der Waals surface area contributed by atoms with Crippen molar-refractivity contribution in [3.8, 4) is 0 Å². The minimum absolute atomic E-state index is 0.00637. The molecule has 0 amide bonds. The molecule has 0 bridgehead atoms. The molecule has 0 aliphatic heterocycles. The first-order valence-electron chi connectivity index (χ1n) is 5.82. The van der Waals surface area contributed by atoms with E-state index in [2.05, 4.69) is 6.58 Å². The van der Waals surface area contributed by atoms with Gasteiger partial charge in [-0.25, -0.2) is 17.2 Å². The van der Waals surface area contributed by atoms with E-state index >= 15 is 0 Å². The van der Waals surface area contributed by atoms with E-state index in [1.165, 1.54) is 42.5 Å². The zero-order chi connectivity index (χ0) is 14.8. The quantitative estimate of drug-likeness (QED) is 0.637. The first kappa shape index (κ1) is 14.4. The second-order valence-electron chi connectivity index (χ2n) is 4.21. The van der Waals surface area contributed by atoms with Crippen LogP contribution >= 0.6 is 0 Å². The second kappa shape index (κ2) is 5.54. The van der Waals surface area contributed by atoms with E-state index in [9.17, 15) is 17.2 Å². The number of hydrogen-bond acceptors (Lipinski definition) is 2. The fraction of sp³-hybridized carbons (Fsp3) is 0.0667. The van der Waals surface area contributed by atoms with Crippen LogP contribution in [0.25, 0.3) is 0 Å². The Kier molecular flexibility index (Phi) is 3.99. The third-order valence-corrected chi connectivity index (χ3v) is 4.95. The molecule has 0 aliphatic carbocycles. The lowest BCUT2D eigenvalue weighted by molar-refractivity contribution is 0.588. The molecule has 2 aromatic carbocycles. The Labute approximate surface area is 116 Å². The van der Waals surface area contributed by atoms with Crippen molar-refractivity contribution < 1.29 is 17.2 Å². The Bertz CT molecular complexity index is 705. The summed E-state index contributed by atoms with van der Waals surface area (Å²) in [6.45, 7) is 3.52. The normalized spacial score (nSPS) is 12.9. The van der Waals surface area contributed by atoms with Crippen molar-refractivity contribution in [3.63, 3.8) is 0 Å². The molecule has 1 atom stereocenters. The zero-order valence-electron chi connectivity index (χ0n) is 10.5. The summed E-state index contributed by atoms with van der Waals surface area (Å²) in [6, 6.07) is 9.72. The molecule has 20 heavy (non-hydrogen) atoms. The Morgan fingerprint density at radius 2 is 1.35 bits per heavy atom. The molecule has 104 valence electrons. The molecule has 0 heterocycles. The summed E-state index contributed by atoms with van der Waals surface area (Å²) in [6.07, 6.45) is 1.27. The number of hydrogen-bond donors (Lipinski definition) is 0. The van der Waals surface area contributed by atoms with Crippen molar-refractivity contribution in [2.75, 3.05) is 0 Å². The smallest absolute Gasteiger partial charge is 0.188 e. The summed E-state index contributed by atoms with van der Waals surface area (Å²) in [4.78, 5) is -0.00637. The molecule has 0 saturated carbocycles. The zero-order valence-corrected chi connectivity index (χ0v) is 11.3. The fourth-order valence-corrected chi connectivity index (χ4v) is 3.44. The molecule has 0 aromatic heterocycles. The topological polar surface area (TPSA) is 34.1 Å². The molecule has 0 saturated heterocycles. The SMILES string of the molecule is C=CC(c1ccc(F)cc1)S(=O)(=O)c1ccc(F)cc1. The highest BCUT2D eigenvalue weighted by Crippen LogP contribution is 2.30. The third kappa shape index (κ3) is 2.77. The molecule has 0 fully saturated rings. The van der Waals surface area contributed by atoms with Crippen LogP contribution in [0.4, 0.5) is 8.78 Å². The van der Waals surface area contributed by atoms with Gasteiger partial charge in [0.05, 0.1) is 4.90 Å². The van der Waals surface area contributed by atoms with Gasteiger partial charge >= 0.3 is 0 Å². The van der Waals surface area contributed by atoms with Crippen molar-refractivity contribution in [3.05, 3.63) is 78.4 Å². The predicted molar refractivity (Wildman–Crippen MR) is 72.9 cm³/mol. The van der Waals surface area contributed by atoms with E-state index in [0.29, 0.717) is 5.56 Å². The van der Waals surface area contributed by atoms with Gasteiger partial charge in [0.1, 0.15) is 16.9 Å². The van der Waals surface area contributed by atoms with Crippen LogP contribution in [0.5, 0.6) is 0 Å². The third-order valence-electron chi connectivity index (χ3n) is 2.89. The first-order valence-corrected chi connectivity index (χ1v) is 7.37. The lowest BCUT2D eigenvalue weighted by Crippen LogP contribution is -2.11. The van der Waals surface area contributed by atoms with Gasteiger partial charge in [0.15, 0.2) is 9.84 Å². The van der Waals surface area contributed by atoms with Crippen LogP contribution in [0.1, 0.15) is 10.8 Å². The first-order chi connectivity index (χ1) is 9.45. The highest BCUT2D eigenvalue weighted by Gasteiger charge is 2.26. The standard InChI is InChI=1S/C15H12F2O2S/c1-2-15(11-3-5-12(16)6-4-11)20(18,19)14-9-7-13(17)8-10-14/h2-10,15H,1H2. The van der Waals surface area contributed by atoms with Gasteiger partial charge < -0.3 is 0 Å². The van der Waals surface area contributed by atoms with Gasteiger partial charge in [-0.1, -0.05) is 18.2 Å². The van der Waals surface area contributed by atoms with Crippen LogP contribution in [0, 0.1) is 11.6 Å². The van der Waals surface area contributed by atoms with Crippen LogP contribution < -0.4 is 0 Å². The van der Waals surface area contributed by atoms with Crippen molar-refractivity contribution >= 4 is 9.84 Å². The Morgan fingerprint density at radius 3 is 1.80 bits per heavy atom. The average Bonchev–Trinajstić information content (AvgIpc) is 2.42. The largest absolute Gasteiger partial charge is 0.223 e. The molecule has 0 aliphatic rings. The van der Waals surface area contributed by atoms with Crippen LogP contribution in [-0.4, -0.2) is 8.42 Å². The molecule has 0 spiro atoms. The second-order valence-corrected chi connectivity index (χ2v) is 6.28. The summed E-state index contributed by atoms with van der Waals surface area (Å²) < 4.78 is 50.7. The maximum atomic E-state index is 12.9. The van der Waals surface area contributed by atoms with Gasteiger partial charge in [-0.2, -0.15) is 0 Å². The summed E-state index contributed by atoms with van der Waals surface area (Å²) in [5, 5.41) is -1.01. The van der Waals surface area contributed by atoms with E-state index in [-0.39, 0.29) is 4.90 Å².